The van der Waals surface area contributed by atoms with Crippen LogP contribution in [0.2, 0.25) is 5.02 Å². The lowest BCUT2D eigenvalue weighted by atomic mass is 9.75. The maximum atomic E-state index is 14.5. The molecule has 2 aromatic rings. The quantitative estimate of drug-likeness (QED) is 0.436. The molecule has 2 heterocycles. The minimum absolute atomic E-state index is 0.103. The van der Waals surface area contributed by atoms with E-state index in [1.54, 1.807) is 0 Å². The Morgan fingerprint density at radius 1 is 0.921 bits per heavy atom. The van der Waals surface area contributed by atoms with Gasteiger partial charge in [0.1, 0.15) is 0 Å². The van der Waals surface area contributed by atoms with Crippen molar-refractivity contribution < 1.29 is 9.59 Å². The van der Waals surface area contributed by atoms with Crippen molar-refractivity contribution in [2.75, 3.05) is 31.1 Å². The third kappa shape index (κ3) is 5.32. The van der Waals surface area contributed by atoms with Crippen molar-refractivity contribution in [3.8, 4) is 0 Å². The number of carbonyl (C=O) groups is 2. The van der Waals surface area contributed by atoms with E-state index in [2.05, 4.69) is 52.8 Å². The minimum atomic E-state index is -0.621. The fraction of sp³-hybridized carbons (Fsp3) is 0.562. The third-order valence-electron chi connectivity index (χ3n) is 9.33. The van der Waals surface area contributed by atoms with Gasteiger partial charge in [0, 0.05) is 49.4 Å². The molecule has 38 heavy (non-hydrogen) atoms. The molecule has 1 aliphatic carbocycles. The van der Waals surface area contributed by atoms with E-state index in [9.17, 15) is 9.59 Å². The number of benzene rings is 2. The van der Waals surface area contributed by atoms with Crippen molar-refractivity contribution in [1.82, 2.24) is 9.80 Å². The monoisotopic (exact) mass is 535 g/mol. The molecule has 6 heteroatoms. The second-order valence-corrected chi connectivity index (χ2v) is 12.8. The first-order chi connectivity index (χ1) is 18.2. The molecule has 2 aliphatic heterocycles. The van der Waals surface area contributed by atoms with Crippen LogP contribution in [0, 0.1) is 5.41 Å². The molecule has 2 aromatic carbocycles. The summed E-state index contributed by atoms with van der Waals surface area (Å²) in [6.45, 7) is 9.44. The van der Waals surface area contributed by atoms with E-state index in [1.807, 2.05) is 37.3 Å². The molecule has 1 unspecified atom stereocenters. The number of amides is 2. The molecule has 3 aliphatic rings. The predicted molar refractivity (Wildman–Crippen MR) is 155 cm³/mol. The molecular weight excluding hydrogens is 494 g/mol. The molecule has 2 saturated heterocycles. The third-order valence-corrected chi connectivity index (χ3v) is 9.59. The van der Waals surface area contributed by atoms with Gasteiger partial charge in [-0.2, -0.15) is 0 Å². The molecule has 0 spiro atoms. The molecule has 5 rings (SSSR count). The maximum absolute atomic E-state index is 14.5. The van der Waals surface area contributed by atoms with Crippen molar-refractivity contribution in [3.05, 3.63) is 65.2 Å². The number of halogens is 1. The standard InChI is InChI=1S/C32H42ClN3O2/c1-4-29(37)36(27-14-17-31(2,3)18-15-27)28-16-20-34(22-28)30(38)32(24-10-12-25(33)13-11-24)19-21-35(23-32)26-8-6-5-7-9-26/h5-13,27-28H,4,14-23H2,1-3H3/t28-,32?/m0/s1. The van der Waals surface area contributed by atoms with Crippen LogP contribution in [0.1, 0.15) is 71.3 Å². The number of hydrogen-bond donors (Lipinski definition) is 0. The molecule has 5 nitrogen and oxygen atoms in total. The molecule has 0 aromatic heterocycles. The van der Waals surface area contributed by atoms with E-state index in [0.717, 1.165) is 56.3 Å². The van der Waals surface area contributed by atoms with Gasteiger partial charge in [-0.05, 0) is 73.8 Å². The summed E-state index contributed by atoms with van der Waals surface area (Å²) < 4.78 is 0. The summed E-state index contributed by atoms with van der Waals surface area (Å²) in [5.74, 6) is 0.423. The van der Waals surface area contributed by atoms with Gasteiger partial charge >= 0.3 is 0 Å². The molecule has 1 saturated carbocycles. The number of para-hydroxylation sites is 1. The zero-order chi connectivity index (χ0) is 26.9. The number of carbonyl (C=O) groups excluding carboxylic acids is 2. The molecule has 3 fully saturated rings. The first-order valence-corrected chi connectivity index (χ1v) is 14.8. The van der Waals surface area contributed by atoms with Crippen molar-refractivity contribution in [2.24, 2.45) is 5.41 Å². The Labute approximate surface area is 233 Å². The number of rotatable bonds is 6. The summed E-state index contributed by atoms with van der Waals surface area (Å²) in [5.41, 5.74) is 1.91. The average molecular weight is 536 g/mol. The zero-order valence-electron chi connectivity index (χ0n) is 23.2. The van der Waals surface area contributed by atoms with Crippen LogP contribution in [0.4, 0.5) is 5.69 Å². The Balaban J connectivity index is 1.38. The summed E-state index contributed by atoms with van der Waals surface area (Å²) in [6.07, 6.45) is 6.55. The van der Waals surface area contributed by atoms with Crippen molar-refractivity contribution in [1.29, 1.82) is 0 Å². The molecule has 204 valence electrons. The summed E-state index contributed by atoms with van der Waals surface area (Å²) in [5, 5.41) is 0.680. The fourth-order valence-electron chi connectivity index (χ4n) is 6.98. The van der Waals surface area contributed by atoms with E-state index < -0.39 is 5.41 Å². The molecule has 0 bridgehead atoms. The van der Waals surface area contributed by atoms with Crippen molar-refractivity contribution >= 4 is 29.1 Å². The lowest BCUT2D eigenvalue weighted by Crippen LogP contribution is -2.52. The van der Waals surface area contributed by atoms with Crippen LogP contribution in [0.25, 0.3) is 0 Å². The molecular formula is C32H42ClN3O2. The van der Waals surface area contributed by atoms with Gasteiger partial charge in [-0.1, -0.05) is 62.7 Å². The Bertz CT molecular complexity index is 1130. The van der Waals surface area contributed by atoms with E-state index in [0.29, 0.717) is 42.5 Å². The van der Waals surface area contributed by atoms with Crippen LogP contribution in [0.3, 0.4) is 0 Å². The number of anilines is 1. The fourth-order valence-corrected chi connectivity index (χ4v) is 7.10. The van der Waals surface area contributed by atoms with Crippen LogP contribution in [-0.2, 0) is 15.0 Å². The molecule has 2 amide bonds. The second kappa shape index (κ2) is 10.9. The highest BCUT2D eigenvalue weighted by molar-refractivity contribution is 6.30. The Morgan fingerprint density at radius 2 is 1.61 bits per heavy atom. The van der Waals surface area contributed by atoms with Gasteiger partial charge in [0.15, 0.2) is 0 Å². The first-order valence-electron chi connectivity index (χ1n) is 14.4. The minimum Gasteiger partial charge on any atom is -0.370 e. The number of likely N-dealkylation sites (tertiary alicyclic amines) is 1. The van der Waals surface area contributed by atoms with Crippen LogP contribution in [0.15, 0.2) is 54.6 Å². The number of hydrogen-bond acceptors (Lipinski definition) is 3. The smallest absolute Gasteiger partial charge is 0.235 e. The average Bonchev–Trinajstić information content (AvgIpc) is 3.59. The summed E-state index contributed by atoms with van der Waals surface area (Å²) in [7, 11) is 0. The van der Waals surface area contributed by atoms with Gasteiger partial charge < -0.3 is 14.7 Å². The largest absolute Gasteiger partial charge is 0.370 e. The van der Waals surface area contributed by atoms with E-state index in [1.165, 1.54) is 0 Å². The summed E-state index contributed by atoms with van der Waals surface area (Å²) >= 11 is 6.24. The van der Waals surface area contributed by atoms with Crippen LogP contribution < -0.4 is 4.90 Å². The van der Waals surface area contributed by atoms with E-state index >= 15 is 0 Å². The summed E-state index contributed by atoms with van der Waals surface area (Å²) in [4.78, 5) is 34.2. The second-order valence-electron chi connectivity index (χ2n) is 12.3. The van der Waals surface area contributed by atoms with Gasteiger partial charge in [-0.3, -0.25) is 9.59 Å². The molecule has 0 radical (unpaired) electrons. The highest BCUT2D eigenvalue weighted by Crippen LogP contribution is 2.41. The SMILES string of the molecule is CCC(=O)N(C1CCC(C)(C)CC1)[C@H]1CCN(C(=O)C2(c3ccc(Cl)cc3)CCN(c3ccccc3)C2)C1. The van der Waals surface area contributed by atoms with Gasteiger partial charge in [-0.25, -0.2) is 0 Å². The van der Waals surface area contributed by atoms with Gasteiger partial charge in [0.2, 0.25) is 11.8 Å². The Morgan fingerprint density at radius 3 is 2.26 bits per heavy atom. The van der Waals surface area contributed by atoms with Gasteiger partial charge in [-0.15, -0.1) is 0 Å². The highest BCUT2D eigenvalue weighted by atomic mass is 35.5. The van der Waals surface area contributed by atoms with Gasteiger partial charge in [0.05, 0.1) is 11.5 Å². The van der Waals surface area contributed by atoms with Crippen LogP contribution in [0.5, 0.6) is 0 Å². The van der Waals surface area contributed by atoms with Crippen LogP contribution >= 0.6 is 11.6 Å². The highest BCUT2D eigenvalue weighted by Gasteiger charge is 2.50. The Kier molecular flexibility index (Phi) is 7.77. The lowest BCUT2D eigenvalue weighted by molar-refractivity contribution is -0.139. The normalized spacial score (nSPS) is 25.5. The lowest BCUT2D eigenvalue weighted by Gasteiger charge is -2.43. The summed E-state index contributed by atoms with van der Waals surface area (Å²) in [6, 6.07) is 18.6. The predicted octanol–water partition coefficient (Wildman–Crippen LogP) is 6.30. The first kappa shape index (κ1) is 27.1. The maximum Gasteiger partial charge on any atom is 0.235 e. The van der Waals surface area contributed by atoms with E-state index in [-0.39, 0.29) is 17.9 Å². The topological polar surface area (TPSA) is 43.9 Å². The molecule has 0 N–H and O–H groups in total. The zero-order valence-corrected chi connectivity index (χ0v) is 23.9. The number of nitrogens with zero attached hydrogens (tertiary/aromatic N) is 3. The van der Waals surface area contributed by atoms with Gasteiger partial charge in [0.25, 0.3) is 0 Å². The van der Waals surface area contributed by atoms with Crippen LogP contribution in [-0.4, -0.2) is 59.9 Å². The van der Waals surface area contributed by atoms with E-state index in [4.69, 9.17) is 11.6 Å². The van der Waals surface area contributed by atoms with Crippen molar-refractivity contribution in [3.63, 3.8) is 0 Å². The Hall–Kier alpha value is -2.53. The molecule has 2 atom stereocenters. The van der Waals surface area contributed by atoms with Crippen molar-refractivity contribution in [2.45, 2.75) is 83.2 Å².